The normalized spacial score (nSPS) is 23.0. The Hall–Kier alpha value is -0.440. The molecule has 1 aliphatic rings. The van der Waals surface area contributed by atoms with Crippen molar-refractivity contribution < 1.29 is 9.53 Å². The number of nitrogens with zero attached hydrogens (tertiary/aromatic N) is 1. The number of likely N-dealkylation sites (N-methyl/N-ethyl adjacent to an activating group) is 1. The summed E-state index contributed by atoms with van der Waals surface area (Å²) in [7, 11) is 1.75. The van der Waals surface area contributed by atoms with Crippen molar-refractivity contribution in [1.82, 2.24) is 4.90 Å². The summed E-state index contributed by atoms with van der Waals surface area (Å²) in [4.78, 5) is 12.5. The molecule has 1 aliphatic heterocycles. The molecule has 1 unspecified atom stereocenters. The van der Waals surface area contributed by atoms with Gasteiger partial charge in [0.2, 0.25) is 0 Å². The Morgan fingerprint density at radius 1 is 1.67 bits per heavy atom. The predicted molar refractivity (Wildman–Crippen MR) is 47.5 cm³/mol. The topological polar surface area (TPSA) is 29.5 Å². The van der Waals surface area contributed by atoms with Gasteiger partial charge in [0.1, 0.15) is 6.10 Å². The molecule has 0 spiro atoms. The van der Waals surface area contributed by atoms with E-state index in [0.29, 0.717) is 5.88 Å². The van der Waals surface area contributed by atoms with E-state index >= 15 is 0 Å². The van der Waals surface area contributed by atoms with Gasteiger partial charge in [-0.1, -0.05) is 0 Å². The molecule has 0 aromatic heterocycles. The van der Waals surface area contributed by atoms with E-state index in [1.807, 2.05) is 0 Å². The number of carbonyl (C=O) groups is 1. The number of hydrogen-bond acceptors (Lipinski definition) is 2. The van der Waals surface area contributed by atoms with E-state index in [1.165, 1.54) is 0 Å². The lowest BCUT2D eigenvalue weighted by Gasteiger charge is -2.05. The standard InChI is InChI=1S/C8H14ClNO2/c1-10-6-7(12-8(10)11)4-2-3-5-9/h7H,2-6H2,1H3. The third kappa shape index (κ3) is 2.55. The van der Waals surface area contributed by atoms with Gasteiger partial charge in [-0.25, -0.2) is 4.79 Å². The molecule has 1 fully saturated rings. The van der Waals surface area contributed by atoms with Crippen molar-refractivity contribution in [2.75, 3.05) is 19.5 Å². The highest BCUT2D eigenvalue weighted by Gasteiger charge is 2.27. The van der Waals surface area contributed by atoms with Crippen molar-refractivity contribution in [3.63, 3.8) is 0 Å². The highest BCUT2D eigenvalue weighted by atomic mass is 35.5. The van der Waals surface area contributed by atoms with E-state index in [2.05, 4.69) is 0 Å². The Kier molecular flexibility index (Phi) is 3.66. The summed E-state index contributed by atoms with van der Waals surface area (Å²) < 4.78 is 5.06. The zero-order valence-corrected chi connectivity index (χ0v) is 8.01. The minimum absolute atomic E-state index is 0.0886. The molecule has 4 heteroatoms. The van der Waals surface area contributed by atoms with Crippen LogP contribution in [0.1, 0.15) is 19.3 Å². The Balaban J connectivity index is 2.14. The van der Waals surface area contributed by atoms with E-state index in [4.69, 9.17) is 16.3 Å². The lowest BCUT2D eigenvalue weighted by molar-refractivity contribution is 0.129. The van der Waals surface area contributed by atoms with Crippen LogP contribution in [-0.4, -0.2) is 36.6 Å². The third-order valence-corrected chi connectivity index (χ3v) is 2.23. The van der Waals surface area contributed by atoms with E-state index in [1.54, 1.807) is 11.9 Å². The van der Waals surface area contributed by atoms with Crippen LogP contribution in [0.3, 0.4) is 0 Å². The average molecular weight is 192 g/mol. The van der Waals surface area contributed by atoms with E-state index in [9.17, 15) is 4.79 Å². The Bertz CT molecular complexity index is 163. The summed E-state index contributed by atoms with van der Waals surface area (Å²) in [5.41, 5.74) is 0. The zero-order valence-electron chi connectivity index (χ0n) is 7.25. The van der Waals surface area contributed by atoms with Crippen molar-refractivity contribution in [1.29, 1.82) is 0 Å². The summed E-state index contributed by atoms with van der Waals surface area (Å²) in [6.07, 6.45) is 2.86. The number of ether oxygens (including phenoxy) is 1. The number of unbranched alkanes of at least 4 members (excludes halogenated alkanes) is 1. The predicted octanol–water partition coefficient (Wildman–Crippen LogP) is 1.85. The summed E-state index contributed by atoms with van der Waals surface area (Å²) >= 11 is 5.53. The van der Waals surface area contributed by atoms with Crippen LogP contribution in [-0.2, 0) is 4.74 Å². The quantitative estimate of drug-likeness (QED) is 0.502. The van der Waals surface area contributed by atoms with Gasteiger partial charge in [-0.2, -0.15) is 0 Å². The van der Waals surface area contributed by atoms with E-state index < -0.39 is 0 Å². The van der Waals surface area contributed by atoms with Crippen molar-refractivity contribution in [2.24, 2.45) is 0 Å². The van der Waals surface area contributed by atoms with Crippen LogP contribution in [0.5, 0.6) is 0 Å². The number of cyclic esters (lactones) is 1. The molecule has 1 amide bonds. The fraction of sp³-hybridized carbons (Fsp3) is 0.875. The smallest absolute Gasteiger partial charge is 0.409 e. The van der Waals surface area contributed by atoms with E-state index in [0.717, 1.165) is 25.8 Å². The number of hydrogen-bond donors (Lipinski definition) is 0. The molecule has 0 saturated carbocycles. The highest BCUT2D eigenvalue weighted by molar-refractivity contribution is 6.17. The highest BCUT2D eigenvalue weighted by Crippen LogP contribution is 2.14. The zero-order chi connectivity index (χ0) is 8.97. The SMILES string of the molecule is CN1CC(CCCCCl)OC1=O. The second kappa shape index (κ2) is 4.55. The Labute approximate surface area is 77.6 Å². The number of alkyl halides is 1. The summed E-state index contributed by atoms with van der Waals surface area (Å²) in [6, 6.07) is 0. The van der Waals surface area contributed by atoms with Crippen LogP contribution < -0.4 is 0 Å². The van der Waals surface area contributed by atoms with Crippen LogP contribution in [0.15, 0.2) is 0 Å². The fourth-order valence-corrected chi connectivity index (χ4v) is 1.46. The van der Waals surface area contributed by atoms with Gasteiger partial charge in [-0.05, 0) is 19.3 Å². The van der Waals surface area contributed by atoms with Crippen LogP contribution in [0, 0.1) is 0 Å². The van der Waals surface area contributed by atoms with Crippen molar-refractivity contribution in [3.8, 4) is 0 Å². The summed E-state index contributed by atoms with van der Waals surface area (Å²) in [5.74, 6) is 0.691. The van der Waals surface area contributed by atoms with Crippen molar-refractivity contribution >= 4 is 17.7 Å². The Morgan fingerprint density at radius 2 is 2.42 bits per heavy atom. The molecule has 1 heterocycles. The largest absolute Gasteiger partial charge is 0.444 e. The maximum Gasteiger partial charge on any atom is 0.409 e. The fourth-order valence-electron chi connectivity index (χ4n) is 1.27. The van der Waals surface area contributed by atoms with Gasteiger partial charge in [-0.3, -0.25) is 0 Å². The molecule has 0 N–H and O–H groups in total. The lowest BCUT2D eigenvalue weighted by Crippen LogP contribution is -2.19. The first-order valence-electron chi connectivity index (χ1n) is 4.21. The first-order chi connectivity index (χ1) is 5.74. The van der Waals surface area contributed by atoms with Crippen molar-refractivity contribution in [2.45, 2.75) is 25.4 Å². The van der Waals surface area contributed by atoms with Crippen molar-refractivity contribution in [3.05, 3.63) is 0 Å². The molecule has 0 aromatic rings. The molecule has 0 aliphatic carbocycles. The maximum atomic E-state index is 10.9. The maximum absolute atomic E-state index is 10.9. The third-order valence-electron chi connectivity index (χ3n) is 1.97. The monoisotopic (exact) mass is 191 g/mol. The van der Waals surface area contributed by atoms with Crippen LogP contribution in [0.25, 0.3) is 0 Å². The second-order valence-electron chi connectivity index (χ2n) is 3.07. The van der Waals surface area contributed by atoms with Gasteiger partial charge < -0.3 is 9.64 Å². The summed E-state index contributed by atoms with van der Waals surface area (Å²) in [6.45, 7) is 0.723. The Morgan fingerprint density at radius 3 is 2.92 bits per heavy atom. The van der Waals surface area contributed by atoms with Crippen LogP contribution >= 0.6 is 11.6 Å². The van der Waals surface area contributed by atoms with Gasteiger partial charge in [0.25, 0.3) is 0 Å². The van der Waals surface area contributed by atoms with Crippen LogP contribution in [0.4, 0.5) is 4.79 Å². The molecular formula is C8H14ClNO2. The molecule has 1 saturated heterocycles. The molecule has 1 rings (SSSR count). The molecule has 70 valence electrons. The van der Waals surface area contributed by atoms with Gasteiger partial charge in [0, 0.05) is 12.9 Å². The molecular weight excluding hydrogens is 178 g/mol. The number of halogens is 1. The first-order valence-corrected chi connectivity index (χ1v) is 4.75. The molecule has 0 aromatic carbocycles. The molecule has 0 bridgehead atoms. The molecule has 3 nitrogen and oxygen atoms in total. The first kappa shape index (κ1) is 9.65. The molecule has 0 radical (unpaired) electrons. The molecule has 12 heavy (non-hydrogen) atoms. The second-order valence-corrected chi connectivity index (χ2v) is 3.45. The lowest BCUT2D eigenvalue weighted by atomic mass is 10.2. The minimum atomic E-state index is -0.203. The van der Waals surface area contributed by atoms with Gasteiger partial charge in [0.05, 0.1) is 6.54 Å². The minimum Gasteiger partial charge on any atom is -0.444 e. The van der Waals surface area contributed by atoms with Gasteiger partial charge >= 0.3 is 6.09 Å². The number of carbonyl (C=O) groups excluding carboxylic acids is 1. The average Bonchev–Trinajstić information content (AvgIpc) is 2.32. The number of amides is 1. The van der Waals surface area contributed by atoms with Crippen LogP contribution in [0.2, 0.25) is 0 Å². The van der Waals surface area contributed by atoms with Gasteiger partial charge in [0.15, 0.2) is 0 Å². The van der Waals surface area contributed by atoms with Gasteiger partial charge in [-0.15, -0.1) is 11.6 Å². The number of rotatable bonds is 4. The summed E-state index contributed by atoms with van der Waals surface area (Å²) in [5, 5.41) is 0. The molecule has 1 atom stereocenters. The van der Waals surface area contributed by atoms with E-state index in [-0.39, 0.29) is 12.2 Å².